The highest BCUT2D eigenvalue weighted by molar-refractivity contribution is 8.22. The minimum Gasteiger partial charge on any atom is -0.464 e. The highest BCUT2D eigenvalue weighted by Crippen LogP contribution is 2.49. The lowest BCUT2D eigenvalue weighted by Gasteiger charge is -2.36. The first-order valence-corrected chi connectivity index (χ1v) is 10.9. The molecule has 1 heterocycles. The number of nitrogens with one attached hydrogen (secondary N) is 1. The summed E-state index contributed by atoms with van der Waals surface area (Å²) in [6.07, 6.45) is 0.792. The van der Waals surface area contributed by atoms with Gasteiger partial charge in [0, 0.05) is 11.5 Å². The number of hydrogen-bond acceptors (Lipinski definition) is 5. The minimum atomic E-state index is -1.21. The Morgan fingerprint density at radius 2 is 1.86 bits per heavy atom. The van der Waals surface area contributed by atoms with E-state index in [4.69, 9.17) is 4.74 Å². The third kappa shape index (κ3) is 5.14. The molecule has 7 heteroatoms. The van der Waals surface area contributed by atoms with E-state index in [1.807, 2.05) is 27.7 Å². The molecule has 1 aliphatic rings. The van der Waals surface area contributed by atoms with Gasteiger partial charge in [-0.3, -0.25) is 0 Å². The fourth-order valence-electron chi connectivity index (χ4n) is 2.18. The van der Waals surface area contributed by atoms with Gasteiger partial charge in [0.15, 0.2) is 4.08 Å². The molecule has 1 N–H and O–H groups in total. The van der Waals surface area contributed by atoms with Gasteiger partial charge in [0.1, 0.15) is 0 Å². The van der Waals surface area contributed by atoms with Gasteiger partial charge >= 0.3 is 5.97 Å². The van der Waals surface area contributed by atoms with Gasteiger partial charge in [0.05, 0.1) is 28.4 Å². The van der Waals surface area contributed by atoms with Crippen LogP contribution in [0, 0.1) is 5.92 Å². The Labute approximate surface area is 145 Å². The van der Waals surface area contributed by atoms with E-state index in [1.54, 1.807) is 23.5 Å². The van der Waals surface area contributed by atoms with Crippen LogP contribution < -0.4 is 4.72 Å². The number of rotatable bonds is 7. The maximum Gasteiger partial charge on any atom is 0.334 e. The Morgan fingerprint density at radius 1 is 1.32 bits per heavy atom. The zero-order chi connectivity index (χ0) is 17.0. The van der Waals surface area contributed by atoms with Crippen LogP contribution >= 0.6 is 23.5 Å². The standard InChI is InChI=1S/C15H29NO3S3/c1-7-19-13(17)15(20-8-9-21-15)12(10-11(2)3)16-22(18)14(4,5)6/h11-12,16H,7-10H2,1-6H3/t12-,22-/m0/s1. The summed E-state index contributed by atoms with van der Waals surface area (Å²) < 4.78 is 20.1. The van der Waals surface area contributed by atoms with Crippen molar-refractivity contribution in [1.29, 1.82) is 0 Å². The quantitative estimate of drug-likeness (QED) is 0.700. The van der Waals surface area contributed by atoms with Gasteiger partial charge in [0.25, 0.3) is 0 Å². The highest BCUT2D eigenvalue weighted by Gasteiger charge is 2.52. The summed E-state index contributed by atoms with van der Waals surface area (Å²) in [7, 11) is -1.21. The number of carbonyl (C=O) groups is 1. The smallest absolute Gasteiger partial charge is 0.334 e. The molecular formula is C15H29NO3S3. The van der Waals surface area contributed by atoms with Gasteiger partial charge in [-0.2, -0.15) is 0 Å². The Kier molecular flexibility index (Phi) is 7.76. The van der Waals surface area contributed by atoms with Crippen molar-refractivity contribution < 1.29 is 13.7 Å². The number of esters is 1. The van der Waals surface area contributed by atoms with Gasteiger partial charge in [-0.05, 0) is 40.0 Å². The fourth-order valence-corrected chi connectivity index (χ4v) is 6.39. The second kappa shape index (κ2) is 8.40. The summed E-state index contributed by atoms with van der Waals surface area (Å²) in [6.45, 7) is 12.3. The van der Waals surface area contributed by atoms with Crippen molar-refractivity contribution in [1.82, 2.24) is 4.72 Å². The Bertz CT molecular complexity index is 401. The summed E-state index contributed by atoms with van der Waals surface area (Å²) in [5.41, 5.74) is 0. The van der Waals surface area contributed by atoms with Crippen molar-refractivity contribution in [2.75, 3.05) is 18.1 Å². The van der Waals surface area contributed by atoms with Gasteiger partial charge in [-0.1, -0.05) is 13.8 Å². The van der Waals surface area contributed by atoms with E-state index in [0.717, 1.165) is 17.9 Å². The summed E-state index contributed by atoms with van der Waals surface area (Å²) in [6, 6.07) is -0.163. The van der Waals surface area contributed by atoms with Crippen LogP contribution in [0.4, 0.5) is 0 Å². The van der Waals surface area contributed by atoms with Crippen LogP contribution in [0.2, 0.25) is 0 Å². The van der Waals surface area contributed by atoms with E-state index in [9.17, 15) is 9.00 Å². The van der Waals surface area contributed by atoms with Crippen molar-refractivity contribution in [2.45, 2.75) is 62.8 Å². The molecule has 0 aliphatic carbocycles. The first-order valence-electron chi connectivity index (χ1n) is 7.76. The molecule has 1 aliphatic heterocycles. The summed E-state index contributed by atoms with van der Waals surface area (Å²) in [5, 5.41) is 0. The van der Waals surface area contributed by atoms with E-state index < -0.39 is 15.1 Å². The molecule has 0 aromatic carbocycles. The average Bonchev–Trinajstić information content (AvgIpc) is 2.87. The summed E-state index contributed by atoms with van der Waals surface area (Å²) >= 11 is 3.26. The van der Waals surface area contributed by atoms with Crippen molar-refractivity contribution in [3.63, 3.8) is 0 Å². The molecule has 0 saturated carbocycles. The Balaban J connectivity index is 3.05. The molecule has 0 unspecified atom stereocenters. The highest BCUT2D eigenvalue weighted by atomic mass is 32.2. The van der Waals surface area contributed by atoms with E-state index in [2.05, 4.69) is 18.6 Å². The molecule has 0 aromatic heterocycles. The molecular weight excluding hydrogens is 338 g/mol. The van der Waals surface area contributed by atoms with Crippen LogP contribution in [0.1, 0.15) is 48.0 Å². The molecule has 1 saturated heterocycles. The molecule has 22 heavy (non-hydrogen) atoms. The molecule has 0 radical (unpaired) electrons. The van der Waals surface area contributed by atoms with Crippen LogP contribution in [0.15, 0.2) is 0 Å². The predicted octanol–water partition coefficient (Wildman–Crippen LogP) is 3.19. The molecule has 0 bridgehead atoms. The summed E-state index contributed by atoms with van der Waals surface area (Å²) in [4.78, 5) is 12.6. The zero-order valence-corrected chi connectivity index (χ0v) is 16.9. The van der Waals surface area contributed by atoms with Crippen molar-refractivity contribution in [3.8, 4) is 0 Å². The Morgan fingerprint density at radius 3 is 2.27 bits per heavy atom. The van der Waals surface area contributed by atoms with Crippen LogP contribution in [-0.4, -0.2) is 43.2 Å². The van der Waals surface area contributed by atoms with Gasteiger partial charge in [-0.25, -0.2) is 13.7 Å². The number of thioether (sulfide) groups is 2. The topological polar surface area (TPSA) is 55.4 Å². The maximum atomic E-state index is 12.6. The number of hydrogen-bond donors (Lipinski definition) is 1. The minimum absolute atomic E-state index is 0.163. The van der Waals surface area contributed by atoms with Crippen molar-refractivity contribution in [3.05, 3.63) is 0 Å². The molecule has 130 valence electrons. The second-order valence-corrected chi connectivity index (χ2v) is 11.7. The predicted molar refractivity (Wildman–Crippen MR) is 98.6 cm³/mol. The average molecular weight is 368 g/mol. The fraction of sp³-hybridized carbons (Fsp3) is 0.933. The summed E-state index contributed by atoms with van der Waals surface area (Å²) in [5.74, 6) is 2.05. The number of carbonyl (C=O) groups excluding carboxylic acids is 1. The molecule has 0 amide bonds. The van der Waals surface area contributed by atoms with E-state index >= 15 is 0 Å². The second-order valence-electron chi connectivity index (χ2n) is 6.77. The molecule has 1 fully saturated rings. The van der Waals surface area contributed by atoms with E-state index in [-0.39, 0.29) is 16.8 Å². The number of ether oxygens (including phenoxy) is 1. The van der Waals surface area contributed by atoms with Crippen LogP contribution in [0.25, 0.3) is 0 Å². The van der Waals surface area contributed by atoms with E-state index in [0.29, 0.717) is 12.5 Å². The SMILES string of the molecule is CCOC(=O)C1([C@H](CC(C)C)N[S@@](=O)C(C)(C)C)SCCS1. The lowest BCUT2D eigenvalue weighted by atomic mass is 10.0. The lowest BCUT2D eigenvalue weighted by Crippen LogP contribution is -2.54. The lowest BCUT2D eigenvalue weighted by molar-refractivity contribution is -0.144. The van der Waals surface area contributed by atoms with Gasteiger partial charge in [0.2, 0.25) is 0 Å². The molecule has 2 atom stereocenters. The third-order valence-electron chi connectivity index (χ3n) is 3.25. The largest absolute Gasteiger partial charge is 0.464 e. The van der Waals surface area contributed by atoms with E-state index in [1.165, 1.54) is 0 Å². The van der Waals surface area contributed by atoms with Crippen LogP contribution in [-0.2, 0) is 20.5 Å². The Hall–Kier alpha value is 0.280. The third-order valence-corrected chi connectivity index (χ3v) is 8.40. The molecule has 1 rings (SSSR count). The molecule has 0 aromatic rings. The van der Waals surface area contributed by atoms with Crippen molar-refractivity contribution >= 4 is 40.5 Å². The van der Waals surface area contributed by atoms with Gasteiger partial charge in [-0.15, -0.1) is 23.5 Å². The maximum absolute atomic E-state index is 12.6. The molecule has 0 spiro atoms. The first-order chi connectivity index (χ1) is 10.1. The zero-order valence-electron chi connectivity index (χ0n) is 14.4. The first kappa shape index (κ1) is 20.3. The monoisotopic (exact) mass is 367 g/mol. The van der Waals surface area contributed by atoms with Crippen LogP contribution in [0.3, 0.4) is 0 Å². The molecule has 4 nitrogen and oxygen atoms in total. The normalized spacial score (nSPS) is 20.9. The van der Waals surface area contributed by atoms with Crippen molar-refractivity contribution in [2.24, 2.45) is 5.92 Å². The van der Waals surface area contributed by atoms with Crippen LogP contribution in [0.5, 0.6) is 0 Å². The van der Waals surface area contributed by atoms with Gasteiger partial charge < -0.3 is 4.74 Å².